The average molecular weight is 436 g/mol. The van der Waals surface area contributed by atoms with Gasteiger partial charge in [-0.1, -0.05) is 26.0 Å². The van der Waals surface area contributed by atoms with E-state index in [-0.39, 0.29) is 11.7 Å². The van der Waals surface area contributed by atoms with Crippen molar-refractivity contribution in [2.75, 3.05) is 20.8 Å². The van der Waals surface area contributed by atoms with E-state index in [0.717, 1.165) is 28.9 Å². The topological polar surface area (TPSA) is 61.1 Å². The van der Waals surface area contributed by atoms with Crippen LogP contribution in [0.4, 0.5) is 0 Å². The Morgan fingerprint density at radius 2 is 1.69 bits per heavy atom. The first-order valence-corrected chi connectivity index (χ1v) is 10.8. The molecule has 6 heteroatoms. The molecule has 168 valence electrons. The van der Waals surface area contributed by atoms with Gasteiger partial charge in [-0.3, -0.25) is 4.79 Å². The third-order valence-electron chi connectivity index (χ3n) is 5.89. The van der Waals surface area contributed by atoms with E-state index in [2.05, 4.69) is 19.9 Å². The standard InChI is InChI=1S/C26H29NO5/c1-16(2)18-7-6-17(3)22(12-18)32-25-9-8-21(31-25)26(28)27-11-10-19-13-23(29-4)24(30-5)14-20(19)15-27/h6-9,12-14,16H,10-11,15H2,1-5H3. The van der Waals surface area contributed by atoms with E-state index in [1.54, 1.807) is 31.3 Å². The van der Waals surface area contributed by atoms with Crippen LogP contribution < -0.4 is 14.2 Å². The molecule has 1 aliphatic rings. The van der Waals surface area contributed by atoms with Gasteiger partial charge < -0.3 is 23.5 Å². The zero-order valence-electron chi connectivity index (χ0n) is 19.2. The molecule has 2 aromatic carbocycles. The molecular weight excluding hydrogens is 406 g/mol. The number of amides is 1. The molecule has 0 fully saturated rings. The number of carbonyl (C=O) groups is 1. The highest BCUT2D eigenvalue weighted by atomic mass is 16.6. The Morgan fingerprint density at radius 3 is 2.38 bits per heavy atom. The third-order valence-corrected chi connectivity index (χ3v) is 5.89. The Hall–Kier alpha value is -3.41. The summed E-state index contributed by atoms with van der Waals surface area (Å²) in [5, 5.41) is 0. The Morgan fingerprint density at radius 1 is 0.969 bits per heavy atom. The fourth-order valence-corrected chi connectivity index (χ4v) is 3.90. The van der Waals surface area contributed by atoms with Crippen LogP contribution in [-0.2, 0) is 13.0 Å². The molecule has 0 atom stereocenters. The lowest BCUT2D eigenvalue weighted by Gasteiger charge is -2.29. The minimum atomic E-state index is -0.159. The van der Waals surface area contributed by atoms with Gasteiger partial charge in [0.15, 0.2) is 17.3 Å². The predicted octanol–water partition coefficient (Wildman–Crippen LogP) is 5.72. The number of rotatable bonds is 6. The number of fused-ring (bicyclic) bond motifs is 1. The van der Waals surface area contributed by atoms with Gasteiger partial charge in [-0.15, -0.1) is 0 Å². The number of hydrogen-bond acceptors (Lipinski definition) is 5. The van der Waals surface area contributed by atoms with E-state index < -0.39 is 0 Å². The SMILES string of the molecule is COc1cc2c(cc1OC)CN(C(=O)c1ccc(Oc3cc(C(C)C)ccc3C)o1)CC2. The molecule has 32 heavy (non-hydrogen) atoms. The number of benzene rings is 2. The largest absolute Gasteiger partial charge is 0.493 e. The van der Waals surface area contributed by atoms with Crippen LogP contribution in [-0.4, -0.2) is 31.6 Å². The molecule has 1 aliphatic heterocycles. The summed E-state index contributed by atoms with van der Waals surface area (Å²) in [6.07, 6.45) is 0.743. The number of aryl methyl sites for hydroxylation is 1. The van der Waals surface area contributed by atoms with Gasteiger partial charge in [0, 0.05) is 19.2 Å². The van der Waals surface area contributed by atoms with Crippen LogP contribution in [0.3, 0.4) is 0 Å². The fourth-order valence-electron chi connectivity index (χ4n) is 3.90. The Bertz CT molecular complexity index is 1130. The first-order chi connectivity index (χ1) is 15.4. The maximum Gasteiger partial charge on any atom is 0.290 e. The van der Waals surface area contributed by atoms with Crippen LogP contribution in [0.25, 0.3) is 0 Å². The summed E-state index contributed by atoms with van der Waals surface area (Å²) >= 11 is 0. The highest BCUT2D eigenvalue weighted by Crippen LogP contribution is 2.34. The normalized spacial score (nSPS) is 13.1. The average Bonchev–Trinajstić information content (AvgIpc) is 3.27. The van der Waals surface area contributed by atoms with Crippen molar-refractivity contribution in [1.29, 1.82) is 0 Å². The molecule has 6 nitrogen and oxygen atoms in total. The molecule has 3 aromatic rings. The Balaban J connectivity index is 1.50. The second-order valence-electron chi connectivity index (χ2n) is 8.35. The van der Waals surface area contributed by atoms with Crippen molar-refractivity contribution in [1.82, 2.24) is 4.90 Å². The summed E-state index contributed by atoms with van der Waals surface area (Å²) < 4.78 is 22.5. The third kappa shape index (κ3) is 4.31. The zero-order valence-corrected chi connectivity index (χ0v) is 19.2. The minimum absolute atomic E-state index is 0.159. The summed E-state index contributed by atoms with van der Waals surface area (Å²) in [6.45, 7) is 7.36. The van der Waals surface area contributed by atoms with Crippen molar-refractivity contribution < 1.29 is 23.4 Å². The maximum atomic E-state index is 13.1. The maximum absolute atomic E-state index is 13.1. The lowest BCUT2D eigenvalue weighted by molar-refractivity contribution is 0.0697. The molecule has 0 saturated carbocycles. The van der Waals surface area contributed by atoms with Gasteiger partial charge in [-0.2, -0.15) is 0 Å². The molecule has 0 saturated heterocycles. The number of nitrogens with zero attached hydrogens (tertiary/aromatic N) is 1. The Kier molecular flexibility index (Phi) is 6.12. The summed E-state index contributed by atoms with van der Waals surface area (Å²) in [5.41, 5.74) is 4.41. The molecule has 4 rings (SSSR count). The monoisotopic (exact) mass is 435 g/mol. The summed E-state index contributed by atoms with van der Waals surface area (Å²) in [5.74, 6) is 2.91. The van der Waals surface area contributed by atoms with Crippen molar-refractivity contribution >= 4 is 5.91 Å². The van der Waals surface area contributed by atoms with Crippen molar-refractivity contribution in [3.63, 3.8) is 0 Å². The van der Waals surface area contributed by atoms with Gasteiger partial charge in [0.2, 0.25) is 0 Å². The van der Waals surface area contributed by atoms with Crippen molar-refractivity contribution in [3.05, 3.63) is 70.5 Å². The van der Waals surface area contributed by atoms with Crippen LogP contribution in [0.1, 0.15) is 52.6 Å². The molecule has 0 N–H and O–H groups in total. The van der Waals surface area contributed by atoms with Gasteiger partial charge in [-0.25, -0.2) is 0 Å². The number of furan rings is 1. The molecule has 0 radical (unpaired) electrons. The van der Waals surface area contributed by atoms with E-state index in [4.69, 9.17) is 18.6 Å². The molecule has 0 unspecified atom stereocenters. The van der Waals surface area contributed by atoms with Gasteiger partial charge in [0.1, 0.15) is 5.75 Å². The first kappa shape index (κ1) is 21.8. The molecular formula is C26H29NO5. The van der Waals surface area contributed by atoms with Gasteiger partial charge in [0.25, 0.3) is 11.9 Å². The molecule has 0 spiro atoms. The smallest absolute Gasteiger partial charge is 0.290 e. The van der Waals surface area contributed by atoms with E-state index in [1.807, 2.05) is 31.2 Å². The van der Waals surface area contributed by atoms with E-state index in [9.17, 15) is 4.79 Å². The van der Waals surface area contributed by atoms with Crippen molar-refractivity contribution in [2.24, 2.45) is 0 Å². The molecule has 1 aromatic heterocycles. The van der Waals surface area contributed by atoms with Gasteiger partial charge in [0.05, 0.1) is 14.2 Å². The summed E-state index contributed by atoms with van der Waals surface area (Å²) in [7, 11) is 3.24. The second-order valence-corrected chi connectivity index (χ2v) is 8.35. The van der Waals surface area contributed by atoms with Crippen LogP contribution in [0.2, 0.25) is 0 Å². The van der Waals surface area contributed by atoms with E-state index in [0.29, 0.717) is 36.5 Å². The summed E-state index contributed by atoms with van der Waals surface area (Å²) in [4.78, 5) is 14.9. The van der Waals surface area contributed by atoms with E-state index in [1.165, 1.54) is 5.56 Å². The number of methoxy groups -OCH3 is 2. The van der Waals surface area contributed by atoms with Gasteiger partial charge >= 0.3 is 0 Å². The minimum Gasteiger partial charge on any atom is -0.493 e. The number of hydrogen-bond donors (Lipinski definition) is 0. The zero-order chi connectivity index (χ0) is 22.8. The fraction of sp³-hybridized carbons (Fsp3) is 0.346. The Labute approximate surface area is 188 Å². The number of ether oxygens (including phenoxy) is 3. The molecule has 2 heterocycles. The lowest BCUT2D eigenvalue weighted by atomic mass is 9.98. The van der Waals surface area contributed by atoms with Crippen LogP contribution in [0, 0.1) is 6.92 Å². The van der Waals surface area contributed by atoms with Crippen LogP contribution in [0.5, 0.6) is 23.2 Å². The molecule has 0 aliphatic carbocycles. The first-order valence-electron chi connectivity index (χ1n) is 10.8. The van der Waals surface area contributed by atoms with Crippen molar-refractivity contribution in [3.8, 4) is 23.2 Å². The predicted molar refractivity (Wildman–Crippen MR) is 122 cm³/mol. The van der Waals surface area contributed by atoms with Crippen LogP contribution in [0.15, 0.2) is 46.9 Å². The second kappa shape index (κ2) is 8.99. The lowest BCUT2D eigenvalue weighted by Crippen LogP contribution is -2.35. The molecule has 0 bridgehead atoms. The van der Waals surface area contributed by atoms with Gasteiger partial charge in [-0.05, 0) is 65.8 Å². The highest BCUT2D eigenvalue weighted by molar-refractivity contribution is 5.91. The summed E-state index contributed by atoms with van der Waals surface area (Å²) in [6, 6.07) is 13.4. The molecule has 1 amide bonds. The van der Waals surface area contributed by atoms with Crippen molar-refractivity contribution in [2.45, 2.75) is 39.7 Å². The van der Waals surface area contributed by atoms with Crippen LogP contribution >= 0.6 is 0 Å². The number of carbonyl (C=O) groups excluding carboxylic acids is 1. The van der Waals surface area contributed by atoms with E-state index >= 15 is 0 Å². The quantitative estimate of drug-likeness (QED) is 0.496. The highest BCUT2D eigenvalue weighted by Gasteiger charge is 2.26.